The fourth-order valence-corrected chi connectivity index (χ4v) is 12.6. The van der Waals surface area contributed by atoms with E-state index in [0.717, 1.165) is 30.7 Å². The standard InChI is InChI=1S/C61H63BN2O/c1-36-31-44-46(60(9,10)29-27-58(44,5)6)34-49(36)63-50-32-38-18-14-16-20-42(38)53-52-41-19-15-13-17-37(41)21-26-48(52)64(40-24-22-39(23-25-40)57(2,3)4)62(55(50)53)54-43-33-45-47(35-51(43)65-56(54)63)61(11,12)30-28-59(45,7)8/h13-26,31-35H,27-30H2,1-12H3. The van der Waals surface area contributed by atoms with E-state index in [2.05, 4.69) is 208 Å². The van der Waals surface area contributed by atoms with Gasteiger partial charge in [-0.05, 0) is 168 Å². The molecular weight excluding hydrogens is 787 g/mol. The number of hydrogen-bond donors (Lipinski definition) is 0. The summed E-state index contributed by atoms with van der Waals surface area (Å²) in [5.74, 6) is 0.938. The summed E-state index contributed by atoms with van der Waals surface area (Å²) in [6, 6.07) is 45.0. The number of furan rings is 1. The first kappa shape index (κ1) is 40.8. The third kappa shape index (κ3) is 5.74. The van der Waals surface area contributed by atoms with E-state index in [4.69, 9.17) is 4.42 Å². The van der Waals surface area contributed by atoms with Crippen LogP contribution in [0.25, 0.3) is 43.6 Å². The maximum atomic E-state index is 7.65. The highest BCUT2D eigenvalue weighted by Crippen LogP contribution is 2.55. The van der Waals surface area contributed by atoms with Crippen LogP contribution in [0.15, 0.2) is 120 Å². The number of fused-ring (bicyclic) bond motifs is 12. The third-order valence-electron chi connectivity index (χ3n) is 16.8. The quantitative estimate of drug-likeness (QED) is 0.162. The zero-order valence-electron chi connectivity index (χ0n) is 40.7. The average molecular weight is 851 g/mol. The summed E-state index contributed by atoms with van der Waals surface area (Å²) in [6.07, 6.45) is 4.64. The van der Waals surface area contributed by atoms with Gasteiger partial charge in [-0.25, -0.2) is 0 Å². The predicted octanol–water partition coefficient (Wildman–Crippen LogP) is 15.8. The molecule has 0 saturated carbocycles. The van der Waals surface area contributed by atoms with Crippen LogP contribution in [0.5, 0.6) is 0 Å². The van der Waals surface area contributed by atoms with Gasteiger partial charge >= 0.3 is 6.85 Å². The summed E-state index contributed by atoms with van der Waals surface area (Å²) in [5, 5.41) is 6.28. The maximum absolute atomic E-state index is 7.65. The number of anilines is 5. The van der Waals surface area contributed by atoms with Crippen LogP contribution in [0.1, 0.15) is 135 Å². The van der Waals surface area contributed by atoms with Crippen LogP contribution < -0.4 is 20.6 Å². The summed E-state index contributed by atoms with van der Waals surface area (Å²) in [6.45, 7) is 28.7. The van der Waals surface area contributed by atoms with Crippen molar-refractivity contribution < 1.29 is 4.42 Å². The highest BCUT2D eigenvalue weighted by molar-refractivity contribution is 6.95. The Morgan fingerprint density at radius 1 is 0.508 bits per heavy atom. The Morgan fingerprint density at radius 2 is 1.06 bits per heavy atom. The molecule has 3 heterocycles. The molecule has 4 heteroatoms. The van der Waals surface area contributed by atoms with E-state index in [-0.39, 0.29) is 33.9 Å². The van der Waals surface area contributed by atoms with Crippen LogP contribution in [-0.4, -0.2) is 6.85 Å². The van der Waals surface area contributed by atoms with Crippen LogP contribution in [0.4, 0.5) is 28.6 Å². The molecule has 0 bridgehead atoms. The van der Waals surface area contributed by atoms with Crippen molar-refractivity contribution in [2.45, 2.75) is 136 Å². The maximum Gasteiger partial charge on any atom is 0.337 e. The summed E-state index contributed by atoms with van der Waals surface area (Å²) in [7, 11) is 0. The molecule has 12 rings (SSSR count). The minimum Gasteiger partial charge on any atom is -0.440 e. The molecule has 0 atom stereocenters. The summed E-state index contributed by atoms with van der Waals surface area (Å²) < 4.78 is 7.65. The molecule has 65 heavy (non-hydrogen) atoms. The Hall–Kier alpha value is -5.74. The van der Waals surface area contributed by atoms with Crippen molar-refractivity contribution in [3.63, 3.8) is 0 Å². The van der Waals surface area contributed by atoms with Gasteiger partial charge in [-0.15, -0.1) is 0 Å². The molecule has 2 aliphatic carbocycles. The first-order chi connectivity index (χ1) is 30.7. The molecule has 0 radical (unpaired) electrons. The normalized spacial score (nSPS) is 18.6. The van der Waals surface area contributed by atoms with Crippen molar-refractivity contribution in [3.8, 4) is 11.1 Å². The van der Waals surface area contributed by atoms with Crippen molar-refractivity contribution in [1.82, 2.24) is 0 Å². The predicted molar refractivity (Wildman–Crippen MR) is 279 cm³/mol. The van der Waals surface area contributed by atoms with E-state index >= 15 is 0 Å². The van der Waals surface area contributed by atoms with E-state index in [9.17, 15) is 0 Å². The Bertz CT molecular complexity index is 3340. The van der Waals surface area contributed by atoms with Crippen molar-refractivity contribution in [1.29, 1.82) is 0 Å². The van der Waals surface area contributed by atoms with Gasteiger partial charge in [-0.2, -0.15) is 0 Å². The third-order valence-corrected chi connectivity index (χ3v) is 16.8. The second-order valence-electron chi connectivity index (χ2n) is 23.9. The minimum atomic E-state index is -0.169. The molecule has 0 fully saturated rings. The van der Waals surface area contributed by atoms with E-state index in [1.54, 1.807) is 0 Å². The molecule has 0 saturated heterocycles. The monoisotopic (exact) mass is 851 g/mol. The van der Waals surface area contributed by atoms with E-state index < -0.39 is 0 Å². The van der Waals surface area contributed by atoms with E-state index in [1.807, 2.05) is 0 Å². The van der Waals surface area contributed by atoms with Gasteiger partial charge in [0, 0.05) is 33.5 Å². The summed E-state index contributed by atoms with van der Waals surface area (Å²) in [4.78, 5) is 5.25. The second-order valence-corrected chi connectivity index (χ2v) is 23.9. The van der Waals surface area contributed by atoms with Crippen LogP contribution >= 0.6 is 0 Å². The molecule has 3 nitrogen and oxygen atoms in total. The van der Waals surface area contributed by atoms with Gasteiger partial charge in [0.2, 0.25) is 5.88 Å². The fraction of sp³-hybridized carbons (Fsp3) is 0.344. The first-order valence-corrected chi connectivity index (χ1v) is 24.3. The lowest BCUT2D eigenvalue weighted by atomic mass is 9.43. The van der Waals surface area contributed by atoms with Crippen LogP contribution in [-0.2, 0) is 27.1 Å². The van der Waals surface area contributed by atoms with Gasteiger partial charge in [0.25, 0.3) is 0 Å². The van der Waals surface area contributed by atoms with Gasteiger partial charge in [-0.3, -0.25) is 4.90 Å². The number of aryl methyl sites for hydroxylation is 1. The molecule has 0 N–H and O–H groups in total. The van der Waals surface area contributed by atoms with Gasteiger partial charge in [-0.1, -0.05) is 149 Å². The molecule has 0 spiro atoms. The number of nitrogens with zero attached hydrogens (tertiary/aromatic N) is 2. The van der Waals surface area contributed by atoms with Gasteiger partial charge < -0.3 is 9.23 Å². The molecule has 2 aliphatic heterocycles. The molecule has 8 aromatic rings. The van der Waals surface area contributed by atoms with Crippen molar-refractivity contribution in [2.24, 2.45) is 0 Å². The van der Waals surface area contributed by atoms with Crippen LogP contribution in [0.2, 0.25) is 0 Å². The first-order valence-electron chi connectivity index (χ1n) is 24.3. The SMILES string of the molecule is Cc1cc2c(cc1N1c3cc4ccccc4c4c3B(c3c1oc1cc5c(cc31)C(C)(C)CCC5(C)C)N(c1ccc(C(C)(C)C)cc1)c1ccc3ccccc3c1-4)C(C)(C)CCC2(C)C. The lowest BCUT2D eigenvalue weighted by molar-refractivity contribution is 0.332. The Morgan fingerprint density at radius 3 is 1.69 bits per heavy atom. The van der Waals surface area contributed by atoms with Gasteiger partial charge in [0.15, 0.2) is 0 Å². The molecule has 326 valence electrons. The van der Waals surface area contributed by atoms with Gasteiger partial charge in [0.05, 0.1) is 5.69 Å². The molecule has 0 amide bonds. The largest absolute Gasteiger partial charge is 0.440 e. The topological polar surface area (TPSA) is 19.6 Å². The van der Waals surface area contributed by atoms with Crippen molar-refractivity contribution in [2.75, 3.05) is 9.71 Å². The molecule has 0 unspecified atom stereocenters. The van der Waals surface area contributed by atoms with Crippen molar-refractivity contribution >= 4 is 78.9 Å². The summed E-state index contributed by atoms with van der Waals surface area (Å²) in [5.41, 5.74) is 19.7. The summed E-state index contributed by atoms with van der Waals surface area (Å²) >= 11 is 0. The molecule has 1 aromatic heterocycles. The molecular formula is C61H63BN2O. The number of benzene rings is 7. The smallest absolute Gasteiger partial charge is 0.337 e. The Labute approximate surface area is 387 Å². The van der Waals surface area contributed by atoms with Crippen molar-refractivity contribution in [3.05, 3.63) is 149 Å². The molecule has 4 aliphatic rings. The highest BCUT2D eigenvalue weighted by Gasteiger charge is 2.50. The fourth-order valence-electron chi connectivity index (χ4n) is 12.6. The van der Waals surface area contributed by atoms with Crippen LogP contribution in [0.3, 0.4) is 0 Å². The molecule has 7 aromatic carbocycles. The zero-order chi connectivity index (χ0) is 45.3. The van der Waals surface area contributed by atoms with Gasteiger partial charge in [0.1, 0.15) is 5.58 Å². The number of rotatable bonds is 2. The van der Waals surface area contributed by atoms with Crippen LogP contribution in [0, 0.1) is 6.92 Å². The minimum absolute atomic E-state index is 0.0304. The highest BCUT2D eigenvalue weighted by atomic mass is 16.4. The zero-order valence-corrected chi connectivity index (χ0v) is 40.7. The average Bonchev–Trinajstić information content (AvgIpc) is 3.64. The lowest BCUT2D eigenvalue weighted by Gasteiger charge is -2.46. The Kier molecular flexibility index (Phi) is 8.28. The van der Waals surface area contributed by atoms with E-state index in [1.165, 1.54) is 112 Å². The van der Waals surface area contributed by atoms with E-state index in [0.29, 0.717) is 0 Å². The second kappa shape index (κ2) is 13.2. The Balaban J connectivity index is 1.27. The lowest BCUT2D eigenvalue weighted by Crippen LogP contribution is -2.61. The number of hydrogen-bond acceptors (Lipinski definition) is 3.